The van der Waals surface area contributed by atoms with Crippen molar-refractivity contribution >= 4 is 33.4 Å². The largest absolute Gasteiger partial charge is 0.480 e. The van der Waals surface area contributed by atoms with Crippen molar-refractivity contribution in [2.75, 3.05) is 0 Å². The van der Waals surface area contributed by atoms with Gasteiger partial charge in [0.1, 0.15) is 16.9 Å². The SMILES string of the molecule is CCC(NC(=O)C(CC)n1cnc2sc(C)cc2c1=O)C(=O)O. The van der Waals surface area contributed by atoms with Crippen LogP contribution in [0.2, 0.25) is 0 Å². The van der Waals surface area contributed by atoms with Gasteiger partial charge >= 0.3 is 5.97 Å². The monoisotopic (exact) mass is 337 g/mol. The van der Waals surface area contributed by atoms with Gasteiger partial charge in [0.25, 0.3) is 5.56 Å². The Morgan fingerprint density at radius 3 is 2.65 bits per heavy atom. The molecule has 2 N–H and O–H groups in total. The number of amides is 1. The van der Waals surface area contributed by atoms with Crippen molar-refractivity contribution in [1.29, 1.82) is 0 Å². The third-order valence-corrected chi connectivity index (χ3v) is 4.61. The van der Waals surface area contributed by atoms with Crippen LogP contribution < -0.4 is 10.9 Å². The van der Waals surface area contributed by atoms with Gasteiger partial charge in [0.15, 0.2) is 0 Å². The van der Waals surface area contributed by atoms with Gasteiger partial charge in [0, 0.05) is 4.88 Å². The van der Waals surface area contributed by atoms with Gasteiger partial charge in [-0.05, 0) is 25.8 Å². The molecule has 23 heavy (non-hydrogen) atoms. The number of aryl methyl sites for hydroxylation is 1. The molecule has 0 radical (unpaired) electrons. The number of carbonyl (C=O) groups is 2. The van der Waals surface area contributed by atoms with Crippen LogP contribution >= 0.6 is 11.3 Å². The summed E-state index contributed by atoms with van der Waals surface area (Å²) >= 11 is 1.42. The first-order valence-corrected chi connectivity index (χ1v) is 8.21. The van der Waals surface area contributed by atoms with Crippen molar-refractivity contribution < 1.29 is 14.7 Å². The molecular weight excluding hydrogens is 318 g/mol. The van der Waals surface area contributed by atoms with Crippen LogP contribution in [-0.4, -0.2) is 32.6 Å². The zero-order valence-corrected chi connectivity index (χ0v) is 14.0. The predicted octanol–water partition coefficient (Wildman–Crippen LogP) is 1.70. The Morgan fingerprint density at radius 1 is 1.39 bits per heavy atom. The maximum absolute atomic E-state index is 12.6. The minimum absolute atomic E-state index is 0.271. The lowest BCUT2D eigenvalue weighted by Crippen LogP contribution is -2.45. The van der Waals surface area contributed by atoms with Crippen molar-refractivity contribution in [3.8, 4) is 0 Å². The molecule has 0 aromatic carbocycles. The number of rotatable bonds is 6. The number of hydrogen-bond acceptors (Lipinski definition) is 5. The van der Waals surface area contributed by atoms with E-state index in [1.54, 1.807) is 19.9 Å². The third-order valence-electron chi connectivity index (χ3n) is 3.65. The van der Waals surface area contributed by atoms with Crippen molar-refractivity contribution in [2.45, 2.75) is 45.7 Å². The summed E-state index contributed by atoms with van der Waals surface area (Å²) in [5.41, 5.74) is -0.287. The summed E-state index contributed by atoms with van der Waals surface area (Å²) in [6.07, 6.45) is 1.99. The van der Waals surface area contributed by atoms with Crippen molar-refractivity contribution in [3.05, 3.63) is 27.6 Å². The molecule has 0 aliphatic carbocycles. The number of nitrogens with zero attached hydrogens (tertiary/aromatic N) is 2. The van der Waals surface area contributed by atoms with E-state index >= 15 is 0 Å². The second kappa shape index (κ2) is 6.91. The quantitative estimate of drug-likeness (QED) is 0.835. The Balaban J connectivity index is 2.37. The van der Waals surface area contributed by atoms with E-state index in [-0.39, 0.29) is 12.0 Å². The van der Waals surface area contributed by atoms with Gasteiger partial charge in [-0.3, -0.25) is 14.2 Å². The molecule has 7 nitrogen and oxygen atoms in total. The molecule has 0 saturated heterocycles. The highest BCUT2D eigenvalue weighted by Crippen LogP contribution is 2.20. The number of thiophene rings is 1. The number of aliphatic carboxylic acids is 1. The molecule has 2 unspecified atom stereocenters. The summed E-state index contributed by atoms with van der Waals surface area (Å²) in [7, 11) is 0. The Kier molecular flexibility index (Phi) is 5.15. The standard InChI is InChI=1S/C15H19N3O4S/c1-4-10(15(21)22)17-12(19)11(5-2)18-7-16-13-9(14(18)20)6-8(3)23-13/h6-7,10-11H,4-5H2,1-3H3,(H,17,19)(H,21,22). The van der Waals surface area contributed by atoms with Crippen LogP contribution in [0.15, 0.2) is 17.2 Å². The van der Waals surface area contributed by atoms with Crippen molar-refractivity contribution in [3.63, 3.8) is 0 Å². The molecule has 0 bridgehead atoms. The van der Waals surface area contributed by atoms with Gasteiger partial charge in [-0.25, -0.2) is 9.78 Å². The minimum Gasteiger partial charge on any atom is -0.480 e. The Morgan fingerprint density at radius 2 is 2.09 bits per heavy atom. The van der Waals surface area contributed by atoms with Gasteiger partial charge in [-0.15, -0.1) is 11.3 Å². The Hall–Kier alpha value is -2.22. The smallest absolute Gasteiger partial charge is 0.326 e. The molecular formula is C15H19N3O4S. The van der Waals surface area contributed by atoms with Crippen LogP contribution in [0.5, 0.6) is 0 Å². The van der Waals surface area contributed by atoms with Gasteiger partial charge in [-0.1, -0.05) is 13.8 Å². The lowest BCUT2D eigenvalue weighted by molar-refractivity contribution is -0.142. The number of carboxylic acids is 1. The second-order valence-corrected chi connectivity index (χ2v) is 6.50. The highest BCUT2D eigenvalue weighted by Gasteiger charge is 2.25. The van der Waals surface area contributed by atoms with Gasteiger partial charge in [0.2, 0.25) is 5.91 Å². The summed E-state index contributed by atoms with van der Waals surface area (Å²) in [5.74, 6) is -1.58. The molecule has 0 aliphatic heterocycles. The number of fused-ring (bicyclic) bond motifs is 1. The molecule has 0 aliphatic rings. The van der Waals surface area contributed by atoms with E-state index in [2.05, 4.69) is 10.3 Å². The zero-order chi connectivity index (χ0) is 17.1. The summed E-state index contributed by atoms with van der Waals surface area (Å²) in [6, 6.07) is 0.00285. The first-order chi connectivity index (χ1) is 10.9. The van der Waals surface area contributed by atoms with Crippen LogP contribution in [0.1, 0.15) is 37.6 Å². The Labute approximate surface area is 137 Å². The summed E-state index contributed by atoms with van der Waals surface area (Å²) in [6.45, 7) is 5.33. The maximum atomic E-state index is 12.6. The van der Waals surface area contributed by atoms with E-state index in [1.807, 2.05) is 6.92 Å². The van der Waals surface area contributed by atoms with Crippen LogP contribution in [0.3, 0.4) is 0 Å². The average Bonchev–Trinajstić information content (AvgIpc) is 2.89. The van der Waals surface area contributed by atoms with Crippen LogP contribution in [-0.2, 0) is 9.59 Å². The van der Waals surface area contributed by atoms with E-state index in [0.717, 1.165) is 4.88 Å². The Bertz CT molecular complexity index is 796. The number of hydrogen-bond donors (Lipinski definition) is 2. The molecule has 0 saturated carbocycles. The van der Waals surface area contributed by atoms with Crippen LogP contribution in [0.25, 0.3) is 10.2 Å². The normalized spacial score (nSPS) is 13.7. The summed E-state index contributed by atoms with van der Waals surface area (Å²) in [4.78, 5) is 41.9. The van der Waals surface area contributed by atoms with Crippen LogP contribution in [0, 0.1) is 6.92 Å². The molecule has 2 aromatic rings. The van der Waals surface area contributed by atoms with E-state index in [0.29, 0.717) is 16.6 Å². The van der Waals surface area contributed by atoms with E-state index in [9.17, 15) is 14.4 Å². The lowest BCUT2D eigenvalue weighted by Gasteiger charge is -2.20. The molecule has 0 fully saturated rings. The topological polar surface area (TPSA) is 101 Å². The fourth-order valence-corrected chi connectivity index (χ4v) is 3.23. The van der Waals surface area contributed by atoms with Gasteiger partial charge in [0.05, 0.1) is 11.7 Å². The van der Waals surface area contributed by atoms with E-state index in [1.165, 1.54) is 22.2 Å². The molecule has 8 heteroatoms. The van der Waals surface area contributed by atoms with Crippen molar-refractivity contribution in [2.24, 2.45) is 0 Å². The predicted molar refractivity (Wildman–Crippen MR) is 87.8 cm³/mol. The first kappa shape index (κ1) is 17.1. The van der Waals surface area contributed by atoms with E-state index < -0.39 is 24.0 Å². The first-order valence-electron chi connectivity index (χ1n) is 7.39. The number of carbonyl (C=O) groups excluding carboxylic acids is 1. The molecule has 1 amide bonds. The highest BCUT2D eigenvalue weighted by atomic mass is 32.1. The van der Waals surface area contributed by atoms with Crippen LogP contribution in [0.4, 0.5) is 0 Å². The molecule has 124 valence electrons. The van der Waals surface area contributed by atoms with Crippen molar-refractivity contribution in [1.82, 2.24) is 14.9 Å². The van der Waals surface area contributed by atoms with Gasteiger partial charge in [-0.2, -0.15) is 0 Å². The van der Waals surface area contributed by atoms with E-state index in [4.69, 9.17) is 5.11 Å². The second-order valence-electron chi connectivity index (χ2n) is 5.26. The molecule has 2 rings (SSSR count). The minimum atomic E-state index is -1.09. The third kappa shape index (κ3) is 3.42. The number of carboxylic acid groups (broad SMARTS) is 1. The molecule has 2 atom stereocenters. The number of aromatic nitrogens is 2. The molecule has 0 spiro atoms. The molecule has 2 aromatic heterocycles. The highest BCUT2D eigenvalue weighted by molar-refractivity contribution is 7.18. The molecule has 2 heterocycles. The van der Waals surface area contributed by atoms with Gasteiger partial charge < -0.3 is 10.4 Å². The summed E-state index contributed by atoms with van der Waals surface area (Å²) in [5, 5.41) is 12.0. The zero-order valence-electron chi connectivity index (χ0n) is 13.2. The maximum Gasteiger partial charge on any atom is 0.326 e. The summed E-state index contributed by atoms with van der Waals surface area (Å²) < 4.78 is 1.28. The fourth-order valence-electron chi connectivity index (χ4n) is 2.39. The fraction of sp³-hybridized carbons (Fsp3) is 0.467. The number of nitrogens with one attached hydrogen (secondary N) is 1. The lowest BCUT2D eigenvalue weighted by atomic mass is 10.1. The average molecular weight is 337 g/mol.